The van der Waals surface area contributed by atoms with Crippen LogP contribution in [0.2, 0.25) is 0 Å². The number of rotatable bonds is 4. The van der Waals surface area contributed by atoms with E-state index in [-0.39, 0.29) is 58.2 Å². The van der Waals surface area contributed by atoms with Gasteiger partial charge >= 0.3 is 5.91 Å². The summed E-state index contributed by atoms with van der Waals surface area (Å²) >= 11 is 0. The average molecular weight is 591 g/mol. The number of hydrogen-bond donors (Lipinski definition) is 2. The number of sulfonamides is 1. The van der Waals surface area contributed by atoms with Gasteiger partial charge in [-0.25, -0.2) is 22.9 Å². The molecule has 0 saturated carbocycles. The Morgan fingerprint density at radius 2 is 1.81 bits per heavy atom. The number of amides is 1. The number of anilines is 1. The Labute approximate surface area is 248 Å². The number of nitrogens with zero attached hydrogens (tertiary/aromatic N) is 3. The molecule has 2 aliphatic rings. The van der Waals surface area contributed by atoms with Crippen molar-refractivity contribution in [2.75, 3.05) is 17.9 Å². The van der Waals surface area contributed by atoms with Crippen molar-refractivity contribution >= 4 is 28.1 Å². The van der Waals surface area contributed by atoms with Crippen LogP contribution in [0.3, 0.4) is 0 Å². The van der Waals surface area contributed by atoms with Crippen molar-refractivity contribution < 1.29 is 22.5 Å². The lowest BCUT2D eigenvalue weighted by molar-refractivity contribution is -0.475. The largest absolute Gasteiger partial charge is 0.470 e. The van der Waals surface area contributed by atoms with Crippen LogP contribution >= 0.6 is 0 Å². The smallest absolute Gasteiger partial charge is 0.419 e. The molecule has 4 bridgehead atoms. The van der Waals surface area contributed by atoms with Crippen LogP contribution in [0.15, 0.2) is 53.4 Å². The predicted molar refractivity (Wildman–Crippen MR) is 164 cm³/mol. The summed E-state index contributed by atoms with van der Waals surface area (Å²) in [6, 6.07) is 13.5. The monoisotopic (exact) mass is 590 g/mol. The lowest BCUT2D eigenvalue weighted by atomic mass is 9.97. The van der Waals surface area contributed by atoms with Gasteiger partial charge in [-0.2, -0.15) is 9.56 Å². The van der Waals surface area contributed by atoms with Crippen LogP contribution in [0.1, 0.15) is 62.0 Å². The van der Waals surface area contributed by atoms with Crippen LogP contribution in [-0.4, -0.2) is 59.8 Å². The highest BCUT2D eigenvalue weighted by Gasteiger charge is 2.37. The van der Waals surface area contributed by atoms with Crippen LogP contribution in [-0.2, 0) is 10.0 Å². The van der Waals surface area contributed by atoms with E-state index in [0.29, 0.717) is 12.1 Å². The first kappa shape index (κ1) is 29.8. The molecule has 2 atom stereocenters. The lowest BCUT2D eigenvalue weighted by Crippen LogP contribution is -2.39. The SMILES string of the molecule is Cc1cccc(C)c1-c1cc2nc(n1)NS(=O)(=O)c1cccc(c1)C(=O)[N+](=CC1CNC(C)(C)C1)[C@H](CC(C)C)CO2. The van der Waals surface area contributed by atoms with Gasteiger partial charge < -0.3 is 10.1 Å². The summed E-state index contributed by atoms with van der Waals surface area (Å²) in [6.07, 6.45) is 3.57. The minimum Gasteiger partial charge on any atom is -0.470 e. The van der Waals surface area contributed by atoms with E-state index in [1.54, 1.807) is 22.8 Å². The van der Waals surface area contributed by atoms with Gasteiger partial charge in [-0.3, -0.25) is 0 Å². The minimum absolute atomic E-state index is 0.0415. The second-order valence-corrected chi connectivity index (χ2v) is 14.2. The lowest BCUT2D eigenvalue weighted by Gasteiger charge is -2.19. The molecule has 10 heteroatoms. The third kappa shape index (κ3) is 6.55. The second-order valence-electron chi connectivity index (χ2n) is 12.5. The van der Waals surface area contributed by atoms with E-state index < -0.39 is 10.0 Å². The summed E-state index contributed by atoms with van der Waals surface area (Å²) in [6.45, 7) is 13.4. The minimum atomic E-state index is -4.11. The van der Waals surface area contributed by atoms with Gasteiger partial charge in [0.05, 0.1) is 22.1 Å². The molecule has 0 aliphatic carbocycles. The Kier molecular flexibility index (Phi) is 8.22. The van der Waals surface area contributed by atoms with Crippen molar-refractivity contribution in [3.8, 4) is 17.1 Å². The molecule has 3 heterocycles. The maximum atomic E-state index is 14.1. The van der Waals surface area contributed by atoms with Gasteiger partial charge in [0.15, 0.2) is 18.9 Å². The Morgan fingerprint density at radius 1 is 1.10 bits per heavy atom. The quantitative estimate of drug-likeness (QED) is 0.412. The van der Waals surface area contributed by atoms with E-state index in [9.17, 15) is 13.2 Å². The van der Waals surface area contributed by atoms with Crippen molar-refractivity contribution in [3.05, 3.63) is 65.2 Å². The van der Waals surface area contributed by atoms with Gasteiger partial charge in [0.1, 0.15) is 0 Å². The first-order chi connectivity index (χ1) is 19.8. The molecule has 1 fully saturated rings. The fourth-order valence-electron chi connectivity index (χ4n) is 5.90. The molecular weight excluding hydrogens is 550 g/mol. The Balaban J connectivity index is 1.68. The molecule has 9 nitrogen and oxygen atoms in total. The molecule has 1 unspecified atom stereocenters. The number of hydrogen-bond acceptors (Lipinski definition) is 7. The first-order valence-electron chi connectivity index (χ1n) is 14.5. The standard InChI is InChI=1S/C32H40N5O4S/c1-20(2)13-25-19-41-28-15-27(29-21(3)9-7-10-22(29)4)34-31(35-28)36-42(39,40)26-12-8-11-24(14-26)30(38)37(25)18-23-16-32(5,6)33-17-23/h7-12,14-15,18,20,23,25,33H,13,16-17,19H2,1-6H3,(H,34,35,36)/q+1/t23?,25-/m1/s1. The number of carbonyl (C=O) groups is 1. The molecule has 1 aromatic heterocycles. The van der Waals surface area contributed by atoms with Crippen LogP contribution < -0.4 is 14.8 Å². The van der Waals surface area contributed by atoms with Crippen LogP contribution in [0, 0.1) is 25.7 Å². The topological polar surface area (TPSA) is 113 Å². The molecule has 2 N–H and O–H groups in total. The van der Waals surface area contributed by atoms with E-state index >= 15 is 0 Å². The van der Waals surface area contributed by atoms with Gasteiger partial charge in [0, 0.05) is 30.1 Å². The molecule has 5 rings (SSSR count). The van der Waals surface area contributed by atoms with E-state index in [4.69, 9.17) is 4.74 Å². The highest BCUT2D eigenvalue weighted by atomic mass is 32.2. The average Bonchev–Trinajstić information content (AvgIpc) is 3.26. The zero-order chi connectivity index (χ0) is 30.2. The molecule has 1 amide bonds. The van der Waals surface area contributed by atoms with Crippen molar-refractivity contribution in [1.29, 1.82) is 0 Å². The fraction of sp³-hybridized carbons (Fsp3) is 0.438. The normalized spacial score (nSPS) is 22.5. The van der Waals surface area contributed by atoms with Crippen molar-refractivity contribution in [1.82, 2.24) is 15.3 Å². The summed E-state index contributed by atoms with van der Waals surface area (Å²) in [4.78, 5) is 23.1. The van der Waals surface area contributed by atoms with Gasteiger partial charge in [-0.1, -0.05) is 38.1 Å². The number of aryl methyl sites for hydroxylation is 2. The number of nitrogens with one attached hydrogen (secondary N) is 2. The predicted octanol–water partition coefficient (Wildman–Crippen LogP) is 4.98. The molecule has 222 valence electrons. The maximum Gasteiger partial charge on any atom is 0.419 e. The summed E-state index contributed by atoms with van der Waals surface area (Å²) in [5.74, 6) is 0.277. The van der Waals surface area contributed by atoms with Crippen molar-refractivity contribution in [2.24, 2.45) is 11.8 Å². The fourth-order valence-corrected chi connectivity index (χ4v) is 6.89. The van der Waals surface area contributed by atoms with E-state index in [2.05, 4.69) is 47.7 Å². The zero-order valence-electron chi connectivity index (χ0n) is 25.1. The van der Waals surface area contributed by atoms with E-state index in [1.807, 2.05) is 38.3 Å². The molecule has 0 spiro atoms. The zero-order valence-corrected chi connectivity index (χ0v) is 26.0. The first-order valence-corrected chi connectivity index (χ1v) is 15.9. The summed E-state index contributed by atoms with van der Waals surface area (Å²) in [5, 5.41) is 3.53. The Morgan fingerprint density at radius 3 is 2.48 bits per heavy atom. The van der Waals surface area contributed by atoms with Gasteiger partial charge in [-0.05, 0) is 69.4 Å². The molecule has 2 aromatic carbocycles. The Bertz CT molecular complexity index is 1630. The van der Waals surface area contributed by atoms with Crippen molar-refractivity contribution in [2.45, 2.75) is 70.9 Å². The molecule has 0 radical (unpaired) electrons. The van der Waals surface area contributed by atoms with Crippen LogP contribution in [0.4, 0.5) is 5.95 Å². The van der Waals surface area contributed by atoms with Gasteiger partial charge in [0.25, 0.3) is 10.0 Å². The number of fused-ring (bicyclic) bond motifs is 4. The second kappa shape index (κ2) is 11.6. The molecule has 42 heavy (non-hydrogen) atoms. The van der Waals surface area contributed by atoms with Gasteiger partial charge in [0.2, 0.25) is 11.8 Å². The van der Waals surface area contributed by atoms with Crippen molar-refractivity contribution in [3.63, 3.8) is 0 Å². The maximum absolute atomic E-state index is 14.1. The van der Waals surface area contributed by atoms with Crippen LogP contribution in [0.5, 0.6) is 5.88 Å². The number of ether oxygens (including phenoxy) is 1. The highest BCUT2D eigenvalue weighted by molar-refractivity contribution is 7.92. The van der Waals surface area contributed by atoms with Crippen LogP contribution in [0.25, 0.3) is 11.3 Å². The van der Waals surface area contributed by atoms with E-state index in [1.165, 1.54) is 12.1 Å². The summed E-state index contributed by atoms with van der Waals surface area (Å²) in [7, 11) is -4.11. The third-order valence-electron chi connectivity index (χ3n) is 7.84. The highest BCUT2D eigenvalue weighted by Crippen LogP contribution is 2.30. The molecular formula is C32H40N5O4S+. The number of carbonyl (C=O) groups excluding carboxylic acids is 1. The number of aromatic nitrogens is 2. The third-order valence-corrected chi connectivity index (χ3v) is 9.16. The summed E-state index contributed by atoms with van der Waals surface area (Å²) < 4.78 is 37.7. The molecule has 2 aliphatic heterocycles. The number of benzene rings is 2. The van der Waals surface area contributed by atoms with Gasteiger partial charge in [-0.15, -0.1) is 0 Å². The summed E-state index contributed by atoms with van der Waals surface area (Å²) in [5.41, 5.74) is 3.68. The molecule has 3 aromatic rings. The molecule has 1 saturated heterocycles. The van der Waals surface area contributed by atoms with E-state index in [0.717, 1.165) is 29.7 Å². The Hall–Kier alpha value is -3.63.